The molecule has 0 aliphatic rings. The Balaban J connectivity index is 2.28. The predicted molar refractivity (Wildman–Crippen MR) is 61.2 cm³/mol. The molecule has 2 aromatic rings. The quantitative estimate of drug-likeness (QED) is 0.746. The van der Waals surface area contributed by atoms with Gasteiger partial charge >= 0.3 is 0 Å². The van der Waals surface area contributed by atoms with E-state index in [9.17, 15) is 0 Å². The Morgan fingerprint density at radius 2 is 2.33 bits per heavy atom. The Morgan fingerprint density at radius 3 is 3.00 bits per heavy atom. The number of aromatic nitrogens is 2. The topological polar surface area (TPSA) is 66.7 Å². The van der Waals surface area contributed by atoms with Gasteiger partial charge in [0, 0.05) is 17.3 Å². The van der Waals surface area contributed by atoms with Crippen molar-refractivity contribution in [3.05, 3.63) is 41.3 Å². The lowest BCUT2D eigenvalue weighted by molar-refractivity contribution is 1.07. The van der Waals surface area contributed by atoms with Crippen molar-refractivity contribution in [2.24, 2.45) is 5.73 Å². The molecule has 0 bridgehead atoms. The fraction of sp³-hybridized carbons (Fsp3) is 0.100. The highest BCUT2D eigenvalue weighted by Crippen LogP contribution is 2.22. The third-order valence-corrected chi connectivity index (χ3v) is 2.29. The first kappa shape index (κ1) is 10.0. The molecule has 78 valence electrons. The Hall–Kier alpha value is -1.52. The zero-order chi connectivity index (χ0) is 10.7. The van der Waals surface area contributed by atoms with Gasteiger partial charge in [-0.05, 0) is 23.8 Å². The lowest BCUT2D eigenvalue weighted by Gasteiger charge is -2.09. The minimum absolute atomic E-state index is 0.441. The van der Waals surface area contributed by atoms with E-state index in [1.807, 2.05) is 18.2 Å². The van der Waals surface area contributed by atoms with Crippen LogP contribution < -0.4 is 11.1 Å². The summed E-state index contributed by atoms with van der Waals surface area (Å²) in [5.41, 5.74) is 7.53. The number of H-pyrrole nitrogens is 1. The average Bonchev–Trinajstić information content (AvgIpc) is 2.73. The Morgan fingerprint density at radius 1 is 1.47 bits per heavy atom. The summed E-state index contributed by atoms with van der Waals surface area (Å²) in [5, 5.41) is 3.86. The van der Waals surface area contributed by atoms with Crippen LogP contribution in [0.25, 0.3) is 0 Å². The summed E-state index contributed by atoms with van der Waals surface area (Å²) in [7, 11) is 0. The van der Waals surface area contributed by atoms with Crippen LogP contribution in [0.2, 0.25) is 5.02 Å². The van der Waals surface area contributed by atoms with Crippen LogP contribution >= 0.6 is 11.6 Å². The molecule has 0 spiro atoms. The monoisotopic (exact) mass is 222 g/mol. The van der Waals surface area contributed by atoms with Gasteiger partial charge in [0.25, 0.3) is 0 Å². The number of hydrogen-bond donors (Lipinski definition) is 3. The molecule has 0 saturated carbocycles. The highest BCUT2D eigenvalue weighted by atomic mass is 35.5. The number of imidazole rings is 1. The number of nitrogens with one attached hydrogen (secondary N) is 2. The largest absolute Gasteiger partial charge is 0.340 e. The summed E-state index contributed by atoms with van der Waals surface area (Å²) in [5.74, 6) is 0.826. The van der Waals surface area contributed by atoms with Gasteiger partial charge in [-0.15, -0.1) is 0 Å². The molecule has 0 radical (unpaired) electrons. The van der Waals surface area contributed by atoms with Gasteiger partial charge in [0.15, 0.2) is 0 Å². The maximum absolute atomic E-state index is 5.87. The van der Waals surface area contributed by atoms with Gasteiger partial charge in [0.1, 0.15) is 5.82 Å². The third-order valence-electron chi connectivity index (χ3n) is 2.05. The first-order valence-electron chi connectivity index (χ1n) is 4.53. The number of benzene rings is 1. The maximum Gasteiger partial charge on any atom is 0.127 e. The second-order valence-corrected chi connectivity index (χ2v) is 3.53. The molecule has 5 heteroatoms. The van der Waals surface area contributed by atoms with E-state index in [2.05, 4.69) is 15.3 Å². The lowest BCUT2D eigenvalue weighted by atomic mass is 10.2. The van der Waals surface area contributed by atoms with Gasteiger partial charge in [-0.2, -0.15) is 0 Å². The summed E-state index contributed by atoms with van der Waals surface area (Å²) in [6, 6.07) is 5.56. The summed E-state index contributed by atoms with van der Waals surface area (Å²) in [6.07, 6.45) is 3.31. The first-order valence-corrected chi connectivity index (χ1v) is 4.91. The van der Waals surface area contributed by atoms with Crippen LogP contribution in [0.5, 0.6) is 0 Å². The molecule has 1 aromatic heterocycles. The minimum Gasteiger partial charge on any atom is -0.340 e. The van der Waals surface area contributed by atoms with Crippen molar-refractivity contribution in [2.45, 2.75) is 6.54 Å². The molecule has 1 heterocycles. The first-order chi connectivity index (χ1) is 7.29. The van der Waals surface area contributed by atoms with Crippen molar-refractivity contribution in [3.63, 3.8) is 0 Å². The smallest absolute Gasteiger partial charge is 0.127 e. The Kier molecular flexibility index (Phi) is 2.89. The van der Waals surface area contributed by atoms with Crippen molar-refractivity contribution in [3.8, 4) is 0 Å². The number of rotatable bonds is 3. The second kappa shape index (κ2) is 4.33. The summed E-state index contributed by atoms with van der Waals surface area (Å²) in [6.45, 7) is 0.441. The van der Waals surface area contributed by atoms with Gasteiger partial charge in [0.05, 0.1) is 12.5 Å². The van der Waals surface area contributed by atoms with Gasteiger partial charge in [-0.1, -0.05) is 11.6 Å². The lowest BCUT2D eigenvalue weighted by Crippen LogP contribution is -2.01. The molecule has 0 aliphatic heterocycles. The van der Waals surface area contributed by atoms with Crippen molar-refractivity contribution in [1.82, 2.24) is 9.97 Å². The van der Waals surface area contributed by atoms with E-state index in [-0.39, 0.29) is 0 Å². The van der Waals surface area contributed by atoms with Crippen LogP contribution in [0.1, 0.15) is 5.56 Å². The highest BCUT2D eigenvalue weighted by molar-refractivity contribution is 6.30. The van der Waals surface area contributed by atoms with E-state index in [0.29, 0.717) is 11.6 Å². The fourth-order valence-electron chi connectivity index (χ4n) is 1.32. The molecule has 0 fully saturated rings. The molecular formula is C10H11ClN4. The van der Waals surface area contributed by atoms with Crippen LogP contribution in [-0.4, -0.2) is 9.97 Å². The van der Waals surface area contributed by atoms with E-state index in [1.54, 1.807) is 12.5 Å². The Bertz CT molecular complexity index is 439. The van der Waals surface area contributed by atoms with Crippen LogP contribution in [0, 0.1) is 0 Å². The predicted octanol–water partition coefficient (Wildman–Crippen LogP) is 2.27. The molecule has 1 aromatic carbocycles. The summed E-state index contributed by atoms with van der Waals surface area (Å²) < 4.78 is 0. The SMILES string of the molecule is NCc1cc(Cl)ccc1Nc1cnc[nH]1. The van der Waals surface area contributed by atoms with Crippen LogP contribution in [0.3, 0.4) is 0 Å². The third kappa shape index (κ3) is 2.29. The van der Waals surface area contributed by atoms with E-state index in [0.717, 1.165) is 17.1 Å². The van der Waals surface area contributed by atoms with Gasteiger partial charge < -0.3 is 16.0 Å². The van der Waals surface area contributed by atoms with E-state index in [4.69, 9.17) is 17.3 Å². The van der Waals surface area contributed by atoms with E-state index in [1.165, 1.54) is 0 Å². The zero-order valence-electron chi connectivity index (χ0n) is 8.00. The molecule has 0 saturated heterocycles. The number of nitrogens with two attached hydrogens (primary N) is 1. The summed E-state index contributed by atoms with van der Waals surface area (Å²) >= 11 is 5.87. The second-order valence-electron chi connectivity index (χ2n) is 3.10. The number of aromatic amines is 1. The molecule has 2 rings (SSSR count). The molecule has 4 N–H and O–H groups in total. The molecule has 0 aliphatic carbocycles. The zero-order valence-corrected chi connectivity index (χ0v) is 8.75. The average molecular weight is 223 g/mol. The Labute approximate surface area is 92.5 Å². The molecule has 0 unspecified atom stereocenters. The van der Waals surface area contributed by atoms with Crippen molar-refractivity contribution in [2.75, 3.05) is 5.32 Å². The van der Waals surface area contributed by atoms with Crippen LogP contribution in [0.4, 0.5) is 11.5 Å². The molecule has 15 heavy (non-hydrogen) atoms. The maximum atomic E-state index is 5.87. The summed E-state index contributed by atoms with van der Waals surface area (Å²) in [4.78, 5) is 6.87. The van der Waals surface area contributed by atoms with Crippen molar-refractivity contribution in [1.29, 1.82) is 0 Å². The van der Waals surface area contributed by atoms with E-state index < -0.39 is 0 Å². The van der Waals surface area contributed by atoms with E-state index >= 15 is 0 Å². The number of anilines is 2. The van der Waals surface area contributed by atoms with Gasteiger partial charge in [-0.25, -0.2) is 4.98 Å². The fourth-order valence-corrected chi connectivity index (χ4v) is 1.52. The number of halogens is 1. The van der Waals surface area contributed by atoms with Crippen LogP contribution in [0.15, 0.2) is 30.7 Å². The van der Waals surface area contributed by atoms with Crippen molar-refractivity contribution >= 4 is 23.1 Å². The van der Waals surface area contributed by atoms with Gasteiger partial charge in [0.2, 0.25) is 0 Å². The molecule has 4 nitrogen and oxygen atoms in total. The van der Waals surface area contributed by atoms with Crippen molar-refractivity contribution < 1.29 is 0 Å². The highest BCUT2D eigenvalue weighted by Gasteiger charge is 2.02. The van der Waals surface area contributed by atoms with Crippen LogP contribution in [-0.2, 0) is 6.54 Å². The normalized spacial score (nSPS) is 10.3. The molecular weight excluding hydrogens is 212 g/mol. The van der Waals surface area contributed by atoms with Gasteiger partial charge in [-0.3, -0.25) is 0 Å². The minimum atomic E-state index is 0.441. The standard InChI is InChI=1S/C10H11ClN4/c11-8-1-2-9(7(3-8)4-12)15-10-5-13-6-14-10/h1-3,5-6,15H,4,12H2,(H,13,14). The number of hydrogen-bond acceptors (Lipinski definition) is 3. The molecule has 0 atom stereocenters. The molecule has 0 amide bonds. The number of nitrogens with zero attached hydrogens (tertiary/aromatic N) is 1.